The molecule has 0 aliphatic carbocycles. The predicted molar refractivity (Wildman–Crippen MR) is 99.1 cm³/mol. The van der Waals surface area contributed by atoms with E-state index in [1.807, 2.05) is 0 Å². The fraction of sp³-hybridized carbons (Fsp3) is 0.250. The van der Waals surface area contributed by atoms with E-state index in [2.05, 4.69) is 20.4 Å². The van der Waals surface area contributed by atoms with Gasteiger partial charge >= 0.3 is 0 Å². The van der Waals surface area contributed by atoms with Gasteiger partial charge in [0.25, 0.3) is 0 Å². The Kier molecular flexibility index (Phi) is 5.44. The quantitative estimate of drug-likeness (QED) is 0.601. The van der Waals surface area contributed by atoms with Gasteiger partial charge in [-0.25, -0.2) is 22.9 Å². The van der Waals surface area contributed by atoms with Gasteiger partial charge in [0.05, 0.1) is 18.0 Å². The van der Waals surface area contributed by atoms with Crippen molar-refractivity contribution in [2.24, 2.45) is 5.14 Å². The van der Waals surface area contributed by atoms with Crippen molar-refractivity contribution in [1.29, 1.82) is 0 Å². The van der Waals surface area contributed by atoms with Crippen LogP contribution in [0.15, 0.2) is 36.4 Å². The summed E-state index contributed by atoms with van der Waals surface area (Å²) in [6.45, 7) is 1.29. The largest absolute Gasteiger partial charge is 0.383 e. The molecule has 0 aliphatic rings. The Bertz CT molecular complexity index is 1120. The lowest BCUT2D eigenvalue weighted by molar-refractivity contribution is 0.0773. The molecule has 0 amide bonds. The van der Waals surface area contributed by atoms with Gasteiger partial charge in [-0.15, -0.1) is 10.2 Å². The summed E-state index contributed by atoms with van der Waals surface area (Å²) in [5.41, 5.74) is -1.18. The molecule has 0 aliphatic heterocycles. The van der Waals surface area contributed by atoms with Crippen LogP contribution in [0.5, 0.6) is 0 Å². The van der Waals surface area contributed by atoms with Gasteiger partial charge in [-0.3, -0.25) is 0 Å². The minimum atomic E-state index is -3.93. The molecule has 3 aromatic rings. The van der Waals surface area contributed by atoms with Gasteiger partial charge in [0, 0.05) is 10.6 Å². The molecule has 12 heteroatoms. The Hall–Kier alpha value is -2.47. The van der Waals surface area contributed by atoms with Crippen LogP contribution in [0.1, 0.15) is 18.2 Å². The highest BCUT2D eigenvalue weighted by molar-refractivity contribution is 7.89. The molecular weight excluding hydrogens is 411 g/mol. The van der Waals surface area contributed by atoms with E-state index in [1.165, 1.54) is 36.0 Å². The number of nitrogens with zero attached hydrogens (tertiary/aromatic N) is 5. The molecular formula is C16H16ClFN6O3S. The maximum Gasteiger partial charge on any atom is 0.223 e. The fourth-order valence-electron chi connectivity index (χ4n) is 2.55. The molecule has 0 radical (unpaired) electrons. The standard InChI is InChI=1S/C16H16ClFN6O3S/c1-16(25,9-28(19,26)27)14-4-2-3-13(20-14)15-21-23-24(22-15)8-10-7-11(17)5-6-12(10)18/h2-7,25H,8-9H2,1H3,(H2,19,26,27). The number of pyridine rings is 1. The van der Waals surface area contributed by atoms with Crippen LogP contribution >= 0.6 is 11.6 Å². The minimum Gasteiger partial charge on any atom is -0.383 e. The zero-order chi connectivity index (χ0) is 20.5. The highest BCUT2D eigenvalue weighted by atomic mass is 35.5. The number of benzene rings is 1. The SMILES string of the molecule is CC(O)(CS(N)(=O)=O)c1cccc(-c2nnn(Cc3cc(Cl)ccc3F)n2)n1. The molecule has 2 heterocycles. The van der Waals surface area contributed by atoms with Crippen molar-refractivity contribution in [3.63, 3.8) is 0 Å². The molecule has 0 saturated heterocycles. The average Bonchev–Trinajstić information content (AvgIpc) is 3.05. The van der Waals surface area contributed by atoms with E-state index in [-0.39, 0.29) is 29.3 Å². The summed E-state index contributed by atoms with van der Waals surface area (Å²) in [6, 6.07) is 8.73. The number of sulfonamides is 1. The molecule has 2 aromatic heterocycles. The van der Waals surface area contributed by atoms with Crippen LogP contribution in [0.3, 0.4) is 0 Å². The Morgan fingerprint density at radius 3 is 2.79 bits per heavy atom. The molecule has 1 atom stereocenters. The second-order valence-electron chi connectivity index (χ2n) is 6.37. The van der Waals surface area contributed by atoms with Crippen LogP contribution < -0.4 is 5.14 Å². The summed E-state index contributed by atoms with van der Waals surface area (Å²) in [4.78, 5) is 5.37. The van der Waals surface area contributed by atoms with Gasteiger partial charge in [0.2, 0.25) is 15.8 Å². The van der Waals surface area contributed by atoms with Crippen LogP contribution in [-0.2, 0) is 22.2 Å². The minimum absolute atomic E-state index is 0.00220. The van der Waals surface area contributed by atoms with Crippen molar-refractivity contribution in [2.75, 3.05) is 5.75 Å². The molecule has 3 rings (SSSR count). The Morgan fingerprint density at radius 2 is 2.07 bits per heavy atom. The molecule has 148 valence electrons. The molecule has 1 aromatic carbocycles. The van der Waals surface area contributed by atoms with Crippen LogP contribution in [0, 0.1) is 5.82 Å². The number of aliphatic hydroxyl groups is 1. The number of hydrogen-bond acceptors (Lipinski definition) is 7. The highest BCUT2D eigenvalue weighted by Gasteiger charge is 2.30. The Morgan fingerprint density at radius 1 is 1.32 bits per heavy atom. The third-order valence-electron chi connectivity index (χ3n) is 3.78. The van der Waals surface area contributed by atoms with Crippen LogP contribution in [0.2, 0.25) is 5.02 Å². The molecule has 9 nitrogen and oxygen atoms in total. The maximum absolute atomic E-state index is 13.9. The first-order valence-electron chi connectivity index (χ1n) is 7.96. The lowest BCUT2D eigenvalue weighted by Crippen LogP contribution is -2.35. The third-order valence-corrected chi connectivity index (χ3v) is 4.98. The highest BCUT2D eigenvalue weighted by Crippen LogP contribution is 2.22. The summed E-state index contributed by atoms with van der Waals surface area (Å²) in [6.07, 6.45) is 0. The van der Waals surface area contributed by atoms with Crippen molar-refractivity contribution >= 4 is 21.6 Å². The molecule has 3 N–H and O–H groups in total. The molecule has 28 heavy (non-hydrogen) atoms. The zero-order valence-corrected chi connectivity index (χ0v) is 16.2. The van der Waals surface area contributed by atoms with Gasteiger partial charge in [-0.2, -0.15) is 4.80 Å². The van der Waals surface area contributed by atoms with Crippen molar-refractivity contribution in [3.05, 3.63) is 58.5 Å². The first kappa shape index (κ1) is 20.3. The zero-order valence-electron chi connectivity index (χ0n) is 14.6. The number of rotatable bonds is 6. The summed E-state index contributed by atoms with van der Waals surface area (Å²) >= 11 is 5.87. The number of halogens is 2. The second-order valence-corrected chi connectivity index (χ2v) is 8.42. The molecule has 0 saturated carbocycles. The number of tetrazole rings is 1. The summed E-state index contributed by atoms with van der Waals surface area (Å²) < 4.78 is 36.5. The second kappa shape index (κ2) is 7.51. The van der Waals surface area contributed by atoms with Gasteiger partial charge in [-0.05, 0) is 42.5 Å². The first-order chi connectivity index (χ1) is 13.0. The smallest absolute Gasteiger partial charge is 0.223 e. The Balaban J connectivity index is 1.87. The number of aromatic nitrogens is 5. The van der Waals surface area contributed by atoms with Crippen molar-refractivity contribution in [1.82, 2.24) is 25.2 Å². The topological polar surface area (TPSA) is 137 Å². The van der Waals surface area contributed by atoms with Gasteiger partial charge in [0.15, 0.2) is 0 Å². The van der Waals surface area contributed by atoms with Crippen molar-refractivity contribution in [2.45, 2.75) is 19.1 Å². The van der Waals surface area contributed by atoms with Crippen LogP contribution in [-0.4, -0.2) is 44.5 Å². The third kappa shape index (κ3) is 4.87. The summed E-state index contributed by atoms with van der Waals surface area (Å²) in [5, 5.41) is 27.7. The normalized spacial score (nSPS) is 14.0. The number of hydrogen-bond donors (Lipinski definition) is 2. The summed E-state index contributed by atoms with van der Waals surface area (Å²) in [5.74, 6) is -1.04. The van der Waals surface area contributed by atoms with E-state index in [9.17, 15) is 17.9 Å². The number of primary sulfonamides is 1. The van der Waals surface area contributed by atoms with Crippen molar-refractivity contribution in [3.8, 4) is 11.5 Å². The first-order valence-corrected chi connectivity index (χ1v) is 10.1. The van der Waals surface area contributed by atoms with E-state index in [0.717, 1.165) is 0 Å². The van der Waals surface area contributed by atoms with E-state index < -0.39 is 27.2 Å². The van der Waals surface area contributed by atoms with E-state index >= 15 is 0 Å². The van der Waals surface area contributed by atoms with Gasteiger partial charge in [0.1, 0.15) is 17.1 Å². The van der Waals surface area contributed by atoms with E-state index in [1.54, 1.807) is 12.1 Å². The van der Waals surface area contributed by atoms with Crippen LogP contribution in [0.4, 0.5) is 4.39 Å². The average molecular weight is 427 g/mol. The Labute approximate surface area is 165 Å². The molecule has 1 unspecified atom stereocenters. The number of nitrogens with two attached hydrogens (primary N) is 1. The van der Waals surface area contributed by atoms with E-state index in [4.69, 9.17) is 16.7 Å². The van der Waals surface area contributed by atoms with Crippen LogP contribution in [0.25, 0.3) is 11.5 Å². The lowest BCUT2D eigenvalue weighted by Gasteiger charge is -2.21. The molecule has 0 spiro atoms. The predicted octanol–water partition coefficient (Wildman–Crippen LogP) is 1.07. The maximum atomic E-state index is 13.9. The summed E-state index contributed by atoms with van der Waals surface area (Å²) in [7, 11) is -3.93. The lowest BCUT2D eigenvalue weighted by atomic mass is 10.0. The van der Waals surface area contributed by atoms with Gasteiger partial charge < -0.3 is 5.11 Å². The molecule has 0 bridgehead atoms. The van der Waals surface area contributed by atoms with Crippen molar-refractivity contribution < 1.29 is 17.9 Å². The van der Waals surface area contributed by atoms with E-state index in [0.29, 0.717) is 5.02 Å². The monoisotopic (exact) mass is 426 g/mol. The molecule has 0 fully saturated rings. The fourth-order valence-corrected chi connectivity index (χ4v) is 3.68. The van der Waals surface area contributed by atoms with Gasteiger partial charge in [-0.1, -0.05) is 17.7 Å².